The molecule has 2 aromatic rings. The lowest BCUT2D eigenvalue weighted by atomic mass is 10.2. The number of hydrogen-bond donors (Lipinski definition) is 1. The van der Waals surface area contributed by atoms with Crippen molar-refractivity contribution in [3.8, 4) is 11.5 Å². The second kappa shape index (κ2) is 4.27. The van der Waals surface area contributed by atoms with Crippen molar-refractivity contribution in [3.63, 3.8) is 0 Å². The quantitative estimate of drug-likeness (QED) is 0.865. The zero-order valence-electron chi connectivity index (χ0n) is 8.85. The van der Waals surface area contributed by atoms with Crippen molar-refractivity contribution in [1.82, 2.24) is 19.9 Å². The van der Waals surface area contributed by atoms with Crippen molar-refractivity contribution in [3.05, 3.63) is 33.4 Å². The monoisotopic (exact) mass is 308 g/mol. The molecule has 0 bridgehead atoms. The molecule has 0 aromatic carbocycles. The Morgan fingerprint density at radius 1 is 1.41 bits per heavy atom. The van der Waals surface area contributed by atoms with Gasteiger partial charge in [-0.3, -0.25) is 0 Å². The fourth-order valence-electron chi connectivity index (χ4n) is 1.68. The zero-order valence-corrected chi connectivity index (χ0v) is 11.3. The molecule has 6 heteroatoms. The maximum Gasteiger partial charge on any atom is 0.158 e. The van der Waals surface area contributed by atoms with Crippen molar-refractivity contribution in [2.24, 2.45) is 0 Å². The summed E-state index contributed by atoms with van der Waals surface area (Å²) in [5.74, 6) is 1.29. The lowest BCUT2D eigenvalue weighted by Gasteiger charge is -2.06. The van der Waals surface area contributed by atoms with E-state index in [1.165, 1.54) is 19.2 Å². The summed E-state index contributed by atoms with van der Waals surface area (Å²) in [4.78, 5) is 15.7. The average molecular weight is 309 g/mol. The van der Waals surface area contributed by atoms with Gasteiger partial charge in [-0.2, -0.15) is 0 Å². The Morgan fingerprint density at radius 2 is 2.24 bits per heavy atom. The first-order chi connectivity index (χ1) is 8.25. The highest BCUT2D eigenvalue weighted by Gasteiger charge is 2.27. The largest absolute Gasteiger partial charge is 0.341 e. The van der Waals surface area contributed by atoms with Gasteiger partial charge in [0, 0.05) is 17.8 Å². The van der Waals surface area contributed by atoms with Crippen molar-refractivity contribution in [2.75, 3.05) is 0 Å². The molecule has 0 unspecified atom stereocenters. The molecule has 4 nitrogen and oxygen atoms in total. The van der Waals surface area contributed by atoms with Crippen LogP contribution in [0.25, 0.3) is 11.5 Å². The Kier molecular flexibility index (Phi) is 2.76. The summed E-state index contributed by atoms with van der Waals surface area (Å²) < 4.78 is 1.49. The molecular formula is C11H9BrN4S. The van der Waals surface area contributed by atoms with Crippen LogP contribution in [-0.2, 0) is 0 Å². The highest BCUT2D eigenvalue weighted by molar-refractivity contribution is 9.10. The highest BCUT2D eigenvalue weighted by Crippen LogP contribution is 2.42. The summed E-state index contributed by atoms with van der Waals surface area (Å²) in [6.45, 7) is 0. The van der Waals surface area contributed by atoms with Gasteiger partial charge in [-0.05, 0) is 34.8 Å². The fraction of sp³-hybridized carbons (Fsp3) is 0.273. The summed E-state index contributed by atoms with van der Waals surface area (Å²) in [5.41, 5.74) is 1.90. The van der Waals surface area contributed by atoms with E-state index >= 15 is 0 Å². The average Bonchev–Trinajstić information content (AvgIpc) is 3.18. The normalized spacial score (nSPS) is 14.9. The summed E-state index contributed by atoms with van der Waals surface area (Å²) in [5, 5.41) is 0. The number of halogens is 1. The molecule has 1 aliphatic carbocycles. The molecule has 2 aromatic heterocycles. The van der Waals surface area contributed by atoms with Gasteiger partial charge in [0.15, 0.2) is 5.82 Å². The Morgan fingerprint density at radius 3 is 2.88 bits per heavy atom. The van der Waals surface area contributed by atoms with Crippen LogP contribution >= 0.6 is 28.1 Å². The minimum Gasteiger partial charge on any atom is -0.341 e. The van der Waals surface area contributed by atoms with Gasteiger partial charge in [0.25, 0.3) is 0 Å². The van der Waals surface area contributed by atoms with Gasteiger partial charge >= 0.3 is 0 Å². The predicted octanol–water partition coefficient (Wildman–Crippen LogP) is 3.24. The number of hydrogen-bond acceptors (Lipinski definition) is 4. The van der Waals surface area contributed by atoms with E-state index < -0.39 is 0 Å². The Labute approximate surface area is 112 Å². The molecule has 0 saturated heterocycles. The molecule has 3 rings (SSSR count). The second-order valence-corrected chi connectivity index (χ2v) is 5.17. The van der Waals surface area contributed by atoms with E-state index in [9.17, 15) is 0 Å². The molecule has 0 amide bonds. The third kappa shape index (κ3) is 2.14. The second-order valence-electron chi connectivity index (χ2n) is 3.99. The van der Waals surface area contributed by atoms with Crippen LogP contribution in [0.3, 0.4) is 0 Å². The molecule has 1 aliphatic rings. The lowest BCUT2D eigenvalue weighted by Crippen LogP contribution is -1.98. The van der Waals surface area contributed by atoms with Gasteiger partial charge in [0.05, 0.1) is 4.47 Å². The van der Waals surface area contributed by atoms with Crippen LogP contribution in [0, 0.1) is 4.64 Å². The topological polar surface area (TPSA) is 54.5 Å². The van der Waals surface area contributed by atoms with Gasteiger partial charge < -0.3 is 4.98 Å². The van der Waals surface area contributed by atoms with Crippen LogP contribution < -0.4 is 0 Å². The number of aromatic amines is 1. The van der Waals surface area contributed by atoms with Gasteiger partial charge in [0.1, 0.15) is 16.7 Å². The van der Waals surface area contributed by atoms with Crippen LogP contribution in [-0.4, -0.2) is 19.9 Å². The van der Waals surface area contributed by atoms with Crippen LogP contribution in [0.1, 0.15) is 24.5 Å². The number of aromatic nitrogens is 4. The van der Waals surface area contributed by atoms with Gasteiger partial charge in [-0.25, -0.2) is 15.0 Å². The minimum atomic E-state index is 0.578. The Balaban J connectivity index is 2.15. The van der Waals surface area contributed by atoms with Gasteiger partial charge in [-0.1, -0.05) is 12.2 Å². The van der Waals surface area contributed by atoms with Crippen molar-refractivity contribution >= 4 is 28.1 Å². The van der Waals surface area contributed by atoms with Crippen molar-refractivity contribution in [2.45, 2.75) is 18.8 Å². The van der Waals surface area contributed by atoms with E-state index in [-0.39, 0.29) is 0 Å². The standard InChI is InChI=1S/C11H9BrN4S/c12-8-9(6-1-2-6)15-10(16-11(8)17)7-3-4-13-5-14-7/h3-6H,1-2H2,(H,15,16,17). The zero-order chi connectivity index (χ0) is 11.8. The maximum atomic E-state index is 5.25. The first kappa shape index (κ1) is 11.0. The number of rotatable bonds is 2. The molecule has 1 saturated carbocycles. The number of nitrogens with one attached hydrogen (secondary N) is 1. The molecule has 86 valence electrons. The van der Waals surface area contributed by atoms with E-state index in [1.54, 1.807) is 6.20 Å². The molecule has 1 fully saturated rings. The first-order valence-corrected chi connectivity index (χ1v) is 6.52. The predicted molar refractivity (Wildman–Crippen MR) is 70.1 cm³/mol. The van der Waals surface area contributed by atoms with E-state index in [0.717, 1.165) is 15.9 Å². The highest BCUT2D eigenvalue weighted by atomic mass is 79.9. The first-order valence-electron chi connectivity index (χ1n) is 5.32. The van der Waals surface area contributed by atoms with Crippen molar-refractivity contribution in [1.29, 1.82) is 0 Å². The molecule has 2 heterocycles. The van der Waals surface area contributed by atoms with Crippen LogP contribution in [0.2, 0.25) is 0 Å². The van der Waals surface area contributed by atoms with Gasteiger partial charge in [-0.15, -0.1) is 0 Å². The van der Waals surface area contributed by atoms with E-state index in [2.05, 4.69) is 35.9 Å². The molecular weight excluding hydrogens is 300 g/mol. The van der Waals surface area contributed by atoms with Gasteiger partial charge in [0.2, 0.25) is 0 Å². The maximum absolute atomic E-state index is 5.25. The minimum absolute atomic E-state index is 0.578. The van der Waals surface area contributed by atoms with E-state index in [1.807, 2.05) is 6.07 Å². The third-order valence-corrected chi connectivity index (χ3v) is 4.06. The fourth-order valence-corrected chi connectivity index (χ4v) is 2.39. The number of H-pyrrole nitrogens is 1. The van der Waals surface area contributed by atoms with Crippen LogP contribution in [0.15, 0.2) is 23.1 Å². The molecule has 0 radical (unpaired) electrons. The molecule has 0 spiro atoms. The van der Waals surface area contributed by atoms with E-state index in [4.69, 9.17) is 12.2 Å². The Bertz CT molecular complexity index is 607. The summed E-state index contributed by atoms with van der Waals surface area (Å²) in [7, 11) is 0. The molecule has 17 heavy (non-hydrogen) atoms. The van der Waals surface area contributed by atoms with E-state index in [0.29, 0.717) is 16.4 Å². The number of nitrogens with zero attached hydrogens (tertiary/aromatic N) is 3. The summed E-state index contributed by atoms with van der Waals surface area (Å²) in [6, 6.07) is 1.82. The van der Waals surface area contributed by atoms with Crippen LogP contribution in [0.5, 0.6) is 0 Å². The summed E-state index contributed by atoms with van der Waals surface area (Å²) >= 11 is 8.75. The van der Waals surface area contributed by atoms with Crippen LogP contribution in [0.4, 0.5) is 0 Å². The Hall–Kier alpha value is -1.14. The molecule has 0 aliphatic heterocycles. The lowest BCUT2D eigenvalue weighted by molar-refractivity contribution is 0.964. The van der Waals surface area contributed by atoms with Crippen molar-refractivity contribution < 1.29 is 0 Å². The molecule has 1 N–H and O–H groups in total. The smallest absolute Gasteiger partial charge is 0.158 e. The summed E-state index contributed by atoms with van der Waals surface area (Å²) in [6.07, 6.45) is 5.61. The molecule has 0 atom stereocenters. The third-order valence-electron chi connectivity index (χ3n) is 2.70. The SMILES string of the molecule is S=c1nc(-c2ccncn2)[nH]c(C2CC2)c1Br.